The molecule has 0 unspecified atom stereocenters. The van der Waals surface area contributed by atoms with Crippen molar-refractivity contribution < 1.29 is 14.3 Å². The van der Waals surface area contributed by atoms with E-state index in [-0.39, 0.29) is 5.69 Å². The van der Waals surface area contributed by atoms with Gasteiger partial charge in [0.15, 0.2) is 11.5 Å². The third-order valence-corrected chi connectivity index (χ3v) is 2.92. The van der Waals surface area contributed by atoms with Gasteiger partial charge >= 0.3 is 5.97 Å². The maximum atomic E-state index is 11.3. The minimum absolute atomic E-state index is 0.0951. The molecular weight excluding hydrogens is 234 g/mol. The highest BCUT2D eigenvalue weighted by Gasteiger charge is 2.22. The second-order valence-corrected chi connectivity index (χ2v) is 4.07. The first-order chi connectivity index (χ1) is 8.75. The van der Waals surface area contributed by atoms with Crippen molar-refractivity contribution in [1.29, 1.82) is 0 Å². The number of carboxylic acid groups (broad SMARTS) is 1. The summed E-state index contributed by atoms with van der Waals surface area (Å²) < 4.78 is 4.97. The molecule has 0 aromatic carbocycles. The van der Waals surface area contributed by atoms with E-state index in [1.165, 1.54) is 12.5 Å². The van der Waals surface area contributed by atoms with Crippen LogP contribution in [0.25, 0.3) is 11.4 Å². The van der Waals surface area contributed by atoms with Gasteiger partial charge in [0, 0.05) is 12.1 Å². The van der Waals surface area contributed by atoms with E-state index in [2.05, 4.69) is 15.3 Å². The number of furan rings is 1. The summed E-state index contributed by atoms with van der Waals surface area (Å²) in [6.07, 6.45) is 3.66. The Morgan fingerprint density at radius 2 is 2.33 bits per heavy atom. The number of nitrogens with zero attached hydrogens (tertiary/aromatic N) is 2. The maximum Gasteiger partial charge on any atom is 0.354 e. The number of rotatable bonds is 2. The van der Waals surface area contributed by atoms with E-state index < -0.39 is 5.97 Å². The highest BCUT2D eigenvalue weighted by molar-refractivity contribution is 5.88. The van der Waals surface area contributed by atoms with Gasteiger partial charge in [0.25, 0.3) is 0 Å². The van der Waals surface area contributed by atoms with E-state index >= 15 is 0 Å². The highest BCUT2D eigenvalue weighted by Crippen LogP contribution is 2.21. The summed E-state index contributed by atoms with van der Waals surface area (Å²) in [7, 11) is 0. The lowest BCUT2D eigenvalue weighted by Crippen LogP contribution is -2.27. The molecule has 0 radical (unpaired) electrons. The zero-order valence-corrected chi connectivity index (χ0v) is 9.51. The highest BCUT2D eigenvalue weighted by atomic mass is 16.4. The Labute approximate surface area is 103 Å². The van der Waals surface area contributed by atoms with Crippen molar-refractivity contribution in [3.05, 3.63) is 35.5 Å². The molecule has 1 aliphatic rings. The molecule has 2 aromatic heterocycles. The standard InChI is InChI=1S/C12H11N3O3/c16-12(17)10-8-1-3-13-5-9(8)14-11(15-10)7-2-4-18-6-7/h2,4,6,13H,1,3,5H2,(H,16,17). The van der Waals surface area contributed by atoms with Gasteiger partial charge in [0.05, 0.1) is 17.5 Å². The van der Waals surface area contributed by atoms with Crippen molar-refractivity contribution in [3.8, 4) is 11.4 Å². The topological polar surface area (TPSA) is 88.2 Å². The number of carboxylic acids is 1. The van der Waals surface area contributed by atoms with E-state index in [0.29, 0.717) is 24.4 Å². The molecule has 3 heterocycles. The van der Waals surface area contributed by atoms with E-state index in [1.807, 2.05) is 0 Å². The maximum absolute atomic E-state index is 11.3. The smallest absolute Gasteiger partial charge is 0.354 e. The van der Waals surface area contributed by atoms with Crippen LogP contribution in [-0.4, -0.2) is 27.6 Å². The molecule has 3 rings (SSSR count). The quantitative estimate of drug-likeness (QED) is 0.823. The molecule has 18 heavy (non-hydrogen) atoms. The fourth-order valence-corrected chi connectivity index (χ4v) is 2.06. The molecule has 0 amide bonds. The Kier molecular flexibility index (Phi) is 2.56. The van der Waals surface area contributed by atoms with Crippen LogP contribution in [0.2, 0.25) is 0 Å². The summed E-state index contributed by atoms with van der Waals surface area (Å²) in [5, 5.41) is 12.4. The summed E-state index contributed by atoms with van der Waals surface area (Å²) in [5.41, 5.74) is 2.27. The molecular formula is C12H11N3O3. The molecule has 0 aliphatic carbocycles. The Morgan fingerprint density at radius 3 is 3.06 bits per heavy atom. The SMILES string of the molecule is O=C(O)c1nc(-c2ccoc2)nc2c1CCNC2. The van der Waals surface area contributed by atoms with Crippen molar-refractivity contribution in [3.63, 3.8) is 0 Å². The van der Waals surface area contributed by atoms with E-state index in [0.717, 1.165) is 17.8 Å². The monoisotopic (exact) mass is 245 g/mol. The van der Waals surface area contributed by atoms with Crippen LogP contribution in [0.1, 0.15) is 21.7 Å². The van der Waals surface area contributed by atoms with Gasteiger partial charge in [-0.3, -0.25) is 0 Å². The van der Waals surface area contributed by atoms with Crippen LogP contribution < -0.4 is 5.32 Å². The molecule has 6 heteroatoms. The molecule has 0 fully saturated rings. The molecule has 92 valence electrons. The minimum Gasteiger partial charge on any atom is -0.476 e. The Hall–Kier alpha value is -2.21. The minimum atomic E-state index is -1.01. The van der Waals surface area contributed by atoms with Crippen LogP contribution in [-0.2, 0) is 13.0 Å². The first-order valence-corrected chi connectivity index (χ1v) is 5.62. The van der Waals surface area contributed by atoms with Crippen LogP contribution in [0.5, 0.6) is 0 Å². The second-order valence-electron chi connectivity index (χ2n) is 4.07. The molecule has 2 aromatic rings. The molecule has 0 atom stereocenters. The van der Waals surface area contributed by atoms with Gasteiger partial charge in [0.2, 0.25) is 0 Å². The lowest BCUT2D eigenvalue weighted by atomic mass is 10.0. The van der Waals surface area contributed by atoms with Gasteiger partial charge < -0.3 is 14.8 Å². The van der Waals surface area contributed by atoms with Gasteiger partial charge in [-0.25, -0.2) is 14.8 Å². The first kappa shape index (κ1) is 10.9. The molecule has 1 aliphatic heterocycles. The predicted octanol–water partition coefficient (Wildman–Crippen LogP) is 1.08. The van der Waals surface area contributed by atoms with Crippen LogP contribution in [0.3, 0.4) is 0 Å². The van der Waals surface area contributed by atoms with E-state index in [1.54, 1.807) is 6.07 Å². The van der Waals surface area contributed by atoms with Gasteiger partial charge in [-0.1, -0.05) is 0 Å². The number of hydrogen-bond acceptors (Lipinski definition) is 5. The van der Waals surface area contributed by atoms with Gasteiger partial charge in [-0.05, 0) is 19.0 Å². The lowest BCUT2D eigenvalue weighted by molar-refractivity contribution is 0.0688. The first-order valence-electron chi connectivity index (χ1n) is 5.62. The van der Waals surface area contributed by atoms with Crippen molar-refractivity contribution in [2.45, 2.75) is 13.0 Å². The number of aromatic nitrogens is 2. The van der Waals surface area contributed by atoms with Crippen LogP contribution >= 0.6 is 0 Å². The van der Waals surface area contributed by atoms with E-state index in [9.17, 15) is 9.90 Å². The van der Waals surface area contributed by atoms with Gasteiger partial charge in [0.1, 0.15) is 6.26 Å². The van der Waals surface area contributed by atoms with Gasteiger partial charge in [-0.15, -0.1) is 0 Å². The van der Waals surface area contributed by atoms with Crippen molar-refractivity contribution in [1.82, 2.24) is 15.3 Å². The molecule has 2 N–H and O–H groups in total. The average Bonchev–Trinajstić information content (AvgIpc) is 2.91. The van der Waals surface area contributed by atoms with E-state index in [4.69, 9.17) is 4.42 Å². The average molecular weight is 245 g/mol. The molecule has 6 nitrogen and oxygen atoms in total. The zero-order valence-electron chi connectivity index (χ0n) is 9.51. The van der Waals surface area contributed by atoms with Crippen molar-refractivity contribution in [2.75, 3.05) is 6.54 Å². The van der Waals surface area contributed by atoms with Crippen LogP contribution in [0, 0.1) is 0 Å². The summed E-state index contributed by atoms with van der Waals surface area (Å²) in [4.78, 5) is 19.8. The summed E-state index contributed by atoms with van der Waals surface area (Å²) >= 11 is 0. The number of nitrogens with one attached hydrogen (secondary N) is 1. The van der Waals surface area contributed by atoms with Crippen LogP contribution in [0.4, 0.5) is 0 Å². The summed E-state index contributed by atoms with van der Waals surface area (Å²) in [5.74, 6) is -0.621. The Morgan fingerprint density at radius 1 is 1.44 bits per heavy atom. The van der Waals surface area contributed by atoms with Crippen LogP contribution in [0.15, 0.2) is 23.0 Å². The third-order valence-electron chi connectivity index (χ3n) is 2.92. The molecule has 0 spiro atoms. The number of aromatic carboxylic acids is 1. The normalized spacial score (nSPS) is 14.2. The van der Waals surface area contributed by atoms with Crippen molar-refractivity contribution >= 4 is 5.97 Å². The van der Waals surface area contributed by atoms with Crippen molar-refractivity contribution in [2.24, 2.45) is 0 Å². The number of hydrogen-bond donors (Lipinski definition) is 2. The van der Waals surface area contributed by atoms with Gasteiger partial charge in [-0.2, -0.15) is 0 Å². The zero-order chi connectivity index (χ0) is 12.5. The second kappa shape index (κ2) is 4.23. The number of carbonyl (C=O) groups is 1. The number of fused-ring (bicyclic) bond motifs is 1. The summed E-state index contributed by atoms with van der Waals surface area (Å²) in [6, 6.07) is 1.71. The predicted molar refractivity (Wildman–Crippen MR) is 62.1 cm³/mol. The Bertz CT molecular complexity index is 593. The third kappa shape index (κ3) is 1.76. The fourth-order valence-electron chi connectivity index (χ4n) is 2.06. The largest absolute Gasteiger partial charge is 0.476 e. The molecule has 0 saturated carbocycles. The fraction of sp³-hybridized carbons (Fsp3) is 0.250. The molecule has 0 saturated heterocycles. The lowest BCUT2D eigenvalue weighted by Gasteiger charge is -2.18. The molecule has 0 bridgehead atoms. The Balaban J connectivity index is 2.18. The summed E-state index contributed by atoms with van der Waals surface area (Å²) in [6.45, 7) is 1.32.